The molecule has 1 unspecified atom stereocenters. The van der Waals surface area contributed by atoms with Gasteiger partial charge >= 0.3 is 0 Å². The highest BCUT2D eigenvalue weighted by Crippen LogP contribution is 2.27. The smallest absolute Gasteiger partial charge is 0.257 e. The zero-order chi connectivity index (χ0) is 21.3. The lowest BCUT2D eigenvalue weighted by Crippen LogP contribution is -2.49. The van der Waals surface area contributed by atoms with Gasteiger partial charge in [-0.15, -0.1) is 0 Å². The number of carbonyl (C=O) groups is 2. The number of carbonyl (C=O) groups excluding carboxylic acids is 2. The van der Waals surface area contributed by atoms with E-state index in [2.05, 4.69) is 10.5 Å². The van der Waals surface area contributed by atoms with E-state index in [1.165, 1.54) is 18.3 Å². The zero-order valence-electron chi connectivity index (χ0n) is 16.9. The molecule has 2 aromatic rings. The van der Waals surface area contributed by atoms with Crippen molar-refractivity contribution < 1.29 is 18.5 Å². The van der Waals surface area contributed by atoms with Crippen molar-refractivity contribution in [2.75, 3.05) is 0 Å². The van der Waals surface area contributed by atoms with E-state index >= 15 is 0 Å². The largest absolute Gasteiger partial charge is 0.360 e. The normalized spacial score (nSPS) is 12.9. The average Bonchev–Trinajstić information content (AvgIpc) is 3.08. The number of nitrogens with zero attached hydrogens (tertiary/aromatic N) is 2. The quantitative estimate of drug-likeness (QED) is 0.802. The number of rotatable bonds is 4. The van der Waals surface area contributed by atoms with E-state index in [1.54, 1.807) is 26.8 Å². The molecule has 0 spiro atoms. The second kappa shape index (κ2) is 7.55. The fourth-order valence-corrected chi connectivity index (χ4v) is 2.75. The highest BCUT2D eigenvalue weighted by Gasteiger charge is 2.36. The highest BCUT2D eigenvalue weighted by atomic mass is 19.1. The highest BCUT2D eigenvalue weighted by molar-refractivity contribution is 6.05. The van der Waals surface area contributed by atoms with Crippen molar-refractivity contribution in [3.05, 3.63) is 52.7 Å². The molecular formula is C21H24FN3O3. The van der Waals surface area contributed by atoms with E-state index < -0.39 is 34.4 Å². The number of amides is 1. The fraction of sp³-hybridized carbons (Fsp3) is 0.429. The van der Waals surface area contributed by atoms with Gasteiger partial charge in [-0.1, -0.05) is 46.7 Å². The number of Topliss-reactive ketones (excluding diaryl/α,β-unsaturated/α-hetero) is 1. The van der Waals surface area contributed by atoms with Crippen molar-refractivity contribution >= 4 is 11.7 Å². The van der Waals surface area contributed by atoms with Crippen LogP contribution in [0.25, 0.3) is 0 Å². The number of halogens is 1. The number of ketones is 1. The van der Waals surface area contributed by atoms with Crippen LogP contribution in [0.15, 0.2) is 28.9 Å². The number of aromatic nitrogens is 1. The summed E-state index contributed by atoms with van der Waals surface area (Å²) in [5, 5.41) is 15.3. The molecule has 2 rings (SSSR count). The summed E-state index contributed by atoms with van der Waals surface area (Å²) in [7, 11) is 0. The summed E-state index contributed by atoms with van der Waals surface area (Å²) in [6, 6.07) is 4.45. The molecule has 1 heterocycles. The molecule has 1 N–H and O–H groups in total. The second-order valence-corrected chi connectivity index (χ2v) is 8.76. The summed E-state index contributed by atoms with van der Waals surface area (Å²) in [5.41, 5.74) is -0.901. The molecule has 0 aliphatic rings. The maximum Gasteiger partial charge on any atom is 0.257 e. The lowest BCUT2D eigenvalue weighted by molar-refractivity contribution is 0.0779. The lowest BCUT2D eigenvalue weighted by atomic mass is 9.81. The van der Waals surface area contributed by atoms with Crippen LogP contribution in [0.5, 0.6) is 0 Å². The van der Waals surface area contributed by atoms with Crippen LogP contribution in [0.4, 0.5) is 4.39 Å². The maximum atomic E-state index is 14.0. The van der Waals surface area contributed by atoms with Gasteiger partial charge in [-0.25, -0.2) is 4.39 Å². The van der Waals surface area contributed by atoms with Gasteiger partial charge in [-0.05, 0) is 23.6 Å². The number of benzene rings is 1. The van der Waals surface area contributed by atoms with E-state index in [1.807, 2.05) is 20.8 Å². The second-order valence-electron chi connectivity index (χ2n) is 8.76. The van der Waals surface area contributed by atoms with Gasteiger partial charge in [-0.3, -0.25) is 9.59 Å². The summed E-state index contributed by atoms with van der Waals surface area (Å²) in [6.07, 6.45) is 1.32. The molecule has 6 nitrogen and oxygen atoms in total. The Bertz CT molecular complexity index is 943. The molecule has 0 saturated carbocycles. The van der Waals surface area contributed by atoms with Crippen LogP contribution in [0.2, 0.25) is 0 Å². The molecular weight excluding hydrogens is 361 g/mol. The summed E-state index contributed by atoms with van der Waals surface area (Å²) < 4.78 is 19.2. The Kier molecular flexibility index (Phi) is 5.74. The number of nitrogens with one attached hydrogen (secondary N) is 1. The molecule has 1 aromatic heterocycles. The van der Waals surface area contributed by atoms with Crippen LogP contribution in [0.1, 0.15) is 73.6 Å². The lowest BCUT2D eigenvalue weighted by Gasteiger charge is -2.30. The molecule has 1 aromatic carbocycles. The van der Waals surface area contributed by atoms with Crippen LogP contribution < -0.4 is 5.32 Å². The van der Waals surface area contributed by atoms with Crippen LogP contribution in [0.3, 0.4) is 0 Å². The third-order valence-electron chi connectivity index (χ3n) is 4.27. The minimum absolute atomic E-state index is 0.0816. The average molecular weight is 385 g/mol. The van der Waals surface area contributed by atoms with E-state index in [9.17, 15) is 14.0 Å². The summed E-state index contributed by atoms with van der Waals surface area (Å²) in [6.45, 7) is 11.1. The van der Waals surface area contributed by atoms with Crippen LogP contribution in [-0.4, -0.2) is 22.9 Å². The van der Waals surface area contributed by atoms with Gasteiger partial charge in [0, 0.05) is 11.0 Å². The van der Waals surface area contributed by atoms with Gasteiger partial charge in [0.2, 0.25) is 0 Å². The van der Waals surface area contributed by atoms with Gasteiger partial charge in [0.15, 0.2) is 11.5 Å². The zero-order valence-corrected chi connectivity index (χ0v) is 16.9. The standard InChI is InChI=1S/C21H24FN3O3/c1-20(2,3)17(16(26)12-7-8-13(10-23)15(22)9-12)25-19(27)14-11-24-28-18(14)21(4,5)6/h7-9,11,17H,1-6H3,(H,25,27). The van der Waals surface area contributed by atoms with Crippen LogP contribution >= 0.6 is 0 Å². The monoisotopic (exact) mass is 385 g/mol. The molecule has 0 aliphatic carbocycles. The Balaban J connectivity index is 2.37. The van der Waals surface area contributed by atoms with Crippen LogP contribution in [-0.2, 0) is 5.41 Å². The summed E-state index contributed by atoms with van der Waals surface area (Å²) in [5.74, 6) is -1.30. The Morgan fingerprint density at radius 3 is 2.36 bits per heavy atom. The minimum atomic E-state index is -0.921. The number of nitriles is 1. The molecule has 7 heteroatoms. The molecule has 1 amide bonds. The summed E-state index contributed by atoms with van der Waals surface area (Å²) >= 11 is 0. The Hall–Kier alpha value is -3.01. The number of hydrogen-bond donors (Lipinski definition) is 1. The molecule has 0 radical (unpaired) electrons. The van der Waals surface area contributed by atoms with Gasteiger partial charge in [-0.2, -0.15) is 5.26 Å². The van der Waals surface area contributed by atoms with E-state index in [0.29, 0.717) is 5.76 Å². The molecule has 1 atom stereocenters. The Morgan fingerprint density at radius 2 is 1.86 bits per heavy atom. The van der Waals surface area contributed by atoms with Crippen molar-refractivity contribution in [3.63, 3.8) is 0 Å². The van der Waals surface area contributed by atoms with Crippen molar-refractivity contribution in [1.82, 2.24) is 10.5 Å². The number of hydrogen-bond acceptors (Lipinski definition) is 5. The van der Waals surface area contributed by atoms with Gasteiger partial charge in [0.25, 0.3) is 5.91 Å². The van der Waals surface area contributed by atoms with Crippen molar-refractivity contribution in [2.24, 2.45) is 5.41 Å². The third-order valence-corrected chi connectivity index (χ3v) is 4.27. The third kappa shape index (κ3) is 4.45. The minimum Gasteiger partial charge on any atom is -0.360 e. The summed E-state index contributed by atoms with van der Waals surface area (Å²) in [4.78, 5) is 25.9. The molecule has 28 heavy (non-hydrogen) atoms. The SMILES string of the molecule is CC(C)(C)c1oncc1C(=O)NC(C(=O)c1ccc(C#N)c(F)c1)C(C)(C)C. The Labute approximate surface area is 163 Å². The first kappa shape index (κ1) is 21.3. The first-order valence-electron chi connectivity index (χ1n) is 8.86. The Morgan fingerprint density at radius 1 is 1.21 bits per heavy atom. The van der Waals surface area contributed by atoms with E-state index in [4.69, 9.17) is 9.78 Å². The van der Waals surface area contributed by atoms with Crippen molar-refractivity contribution in [3.8, 4) is 6.07 Å². The molecule has 0 aliphatic heterocycles. The predicted octanol–water partition coefficient (Wildman–Crippen LogP) is 4.01. The topological polar surface area (TPSA) is 96.0 Å². The van der Waals surface area contributed by atoms with Crippen molar-refractivity contribution in [2.45, 2.75) is 53.0 Å². The molecule has 148 valence electrons. The first-order chi connectivity index (χ1) is 12.9. The fourth-order valence-electron chi connectivity index (χ4n) is 2.75. The first-order valence-corrected chi connectivity index (χ1v) is 8.86. The van der Waals surface area contributed by atoms with Gasteiger partial charge in [0.1, 0.15) is 17.4 Å². The van der Waals surface area contributed by atoms with E-state index in [0.717, 1.165) is 6.07 Å². The predicted molar refractivity (Wildman–Crippen MR) is 101 cm³/mol. The van der Waals surface area contributed by atoms with Crippen LogP contribution in [0, 0.1) is 22.6 Å². The van der Waals surface area contributed by atoms with Gasteiger partial charge < -0.3 is 9.84 Å². The molecule has 0 saturated heterocycles. The molecule has 0 fully saturated rings. The van der Waals surface area contributed by atoms with E-state index in [-0.39, 0.29) is 16.7 Å². The van der Waals surface area contributed by atoms with Gasteiger partial charge in [0.05, 0.1) is 17.8 Å². The maximum absolute atomic E-state index is 14.0. The molecule has 0 bridgehead atoms. The van der Waals surface area contributed by atoms with Crippen molar-refractivity contribution in [1.29, 1.82) is 5.26 Å².